The molecule has 2 aliphatic heterocycles. The van der Waals surface area contributed by atoms with Crippen molar-refractivity contribution in [1.29, 1.82) is 0 Å². The maximum atomic E-state index is 13.1. The Balaban J connectivity index is 1.35. The van der Waals surface area contributed by atoms with Crippen LogP contribution in [0.5, 0.6) is 11.5 Å². The van der Waals surface area contributed by atoms with Crippen LogP contribution in [0.4, 0.5) is 4.79 Å². The van der Waals surface area contributed by atoms with Gasteiger partial charge in [-0.25, -0.2) is 0 Å². The van der Waals surface area contributed by atoms with Gasteiger partial charge in [-0.15, -0.1) is 0 Å². The number of hydrogen-bond donors (Lipinski definition) is 0. The maximum Gasteiger partial charge on any atom is 0.339 e. The van der Waals surface area contributed by atoms with Gasteiger partial charge in [-0.2, -0.15) is 8.42 Å². The Bertz CT molecular complexity index is 1590. The van der Waals surface area contributed by atoms with Crippen molar-refractivity contribution in [3.63, 3.8) is 0 Å². The van der Waals surface area contributed by atoms with Crippen LogP contribution in [0.2, 0.25) is 0 Å². The molecule has 3 aromatic rings. The minimum absolute atomic E-state index is 0.0204. The van der Waals surface area contributed by atoms with Gasteiger partial charge in [0.1, 0.15) is 11.4 Å². The van der Waals surface area contributed by atoms with E-state index in [1.807, 2.05) is 18.2 Å². The Morgan fingerprint density at radius 2 is 1.77 bits per heavy atom. The van der Waals surface area contributed by atoms with Crippen molar-refractivity contribution in [2.75, 3.05) is 40.0 Å². The fourth-order valence-electron chi connectivity index (χ4n) is 4.26. The Kier molecular flexibility index (Phi) is 7.60. The number of thioether (sulfide) groups is 1. The lowest BCUT2D eigenvalue weighted by Crippen LogP contribution is -2.46. The molecule has 0 N–H and O–H groups in total. The van der Waals surface area contributed by atoms with Gasteiger partial charge in [0.2, 0.25) is 5.91 Å². The van der Waals surface area contributed by atoms with E-state index in [-0.39, 0.29) is 33.8 Å². The molecule has 0 aliphatic carbocycles. The highest BCUT2D eigenvalue weighted by molar-refractivity contribution is 8.18. The van der Waals surface area contributed by atoms with E-state index in [4.69, 9.17) is 13.7 Å². The number of ether oxygens (including phenoxy) is 2. The van der Waals surface area contributed by atoms with Gasteiger partial charge in [-0.05, 0) is 47.0 Å². The zero-order valence-corrected chi connectivity index (χ0v) is 22.5. The molecule has 0 atom stereocenters. The Labute approximate surface area is 229 Å². The molecule has 0 bridgehead atoms. The third kappa shape index (κ3) is 5.63. The first-order chi connectivity index (χ1) is 18.8. The molecule has 2 heterocycles. The van der Waals surface area contributed by atoms with Crippen LogP contribution in [-0.2, 0) is 24.4 Å². The van der Waals surface area contributed by atoms with Gasteiger partial charge < -0.3 is 18.6 Å². The summed E-state index contributed by atoms with van der Waals surface area (Å²) in [7, 11) is -2.84. The van der Waals surface area contributed by atoms with Crippen molar-refractivity contribution in [2.24, 2.45) is 0 Å². The van der Waals surface area contributed by atoms with E-state index in [1.54, 1.807) is 29.2 Å². The van der Waals surface area contributed by atoms with Crippen LogP contribution in [0.25, 0.3) is 16.8 Å². The minimum atomic E-state index is -4.20. The molecule has 2 fully saturated rings. The molecule has 0 spiro atoms. The molecule has 3 amide bonds. The van der Waals surface area contributed by atoms with Crippen LogP contribution in [0.15, 0.2) is 70.5 Å². The maximum absolute atomic E-state index is 13.1. The summed E-state index contributed by atoms with van der Waals surface area (Å²) >= 11 is 0.726. The molecule has 0 unspecified atom stereocenters. The molecule has 2 aliphatic rings. The molecular formula is C27H24N2O8S2. The van der Waals surface area contributed by atoms with E-state index < -0.39 is 21.3 Å². The Hall–Kier alpha value is -3.87. The molecule has 0 saturated carbocycles. The van der Waals surface area contributed by atoms with Gasteiger partial charge in [-0.1, -0.05) is 42.5 Å². The minimum Gasteiger partial charge on any atom is -0.493 e. The quantitative estimate of drug-likeness (QED) is 0.312. The zero-order chi connectivity index (χ0) is 27.6. The van der Waals surface area contributed by atoms with Crippen molar-refractivity contribution in [3.05, 3.63) is 71.1 Å². The number of hydrogen-bond acceptors (Lipinski definition) is 9. The van der Waals surface area contributed by atoms with Crippen LogP contribution in [-0.4, -0.2) is 75.2 Å². The lowest BCUT2D eigenvalue weighted by molar-refractivity contribution is -0.139. The summed E-state index contributed by atoms with van der Waals surface area (Å²) in [5, 5.41) is 0.740. The number of methoxy groups -OCH3 is 1. The number of nitrogens with zero attached hydrogens (tertiary/aromatic N) is 2. The van der Waals surface area contributed by atoms with E-state index in [0.29, 0.717) is 37.3 Å². The average Bonchev–Trinajstić information content (AvgIpc) is 3.20. The molecule has 10 nitrogen and oxygen atoms in total. The van der Waals surface area contributed by atoms with Crippen molar-refractivity contribution >= 4 is 55.8 Å². The standard InChI is InChI=1S/C27H24N2O8S2/c1-35-22-15-18(16-23-26(31)29(27(32)38-23)17-25(30)28-11-13-36-14-12-28)9-10-21(22)37-39(33,34)24-8-4-6-19-5-2-3-7-20(19)24/h2-10,15-16H,11-14,17H2,1H3/b23-16-. The van der Waals surface area contributed by atoms with Crippen LogP contribution in [0.3, 0.4) is 0 Å². The van der Waals surface area contributed by atoms with Gasteiger partial charge in [-0.3, -0.25) is 19.3 Å². The van der Waals surface area contributed by atoms with Crippen molar-refractivity contribution in [1.82, 2.24) is 9.80 Å². The van der Waals surface area contributed by atoms with Gasteiger partial charge in [0.15, 0.2) is 11.5 Å². The largest absolute Gasteiger partial charge is 0.493 e. The lowest BCUT2D eigenvalue weighted by Gasteiger charge is -2.28. The van der Waals surface area contributed by atoms with Gasteiger partial charge in [0.25, 0.3) is 11.1 Å². The molecule has 0 radical (unpaired) electrons. The predicted octanol–water partition coefficient (Wildman–Crippen LogP) is 3.51. The molecule has 202 valence electrons. The second-order valence-electron chi connectivity index (χ2n) is 8.69. The lowest BCUT2D eigenvalue weighted by atomic mass is 10.1. The first-order valence-corrected chi connectivity index (χ1v) is 14.2. The van der Waals surface area contributed by atoms with E-state index in [2.05, 4.69) is 0 Å². The highest BCUT2D eigenvalue weighted by Gasteiger charge is 2.37. The summed E-state index contributed by atoms with van der Waals surface area (Å²) < 4.78 is 42.3. The Morgan fingerprint density at radius 1 is 1.03 bits per heavy atom. The number of amides is 3. The highest BCUT2D eigenvalue weighted by atomic mass is 32.2. The molecule has 0 aromatic heterocycles. The van der Waals surface area contributed by atoms with Crippen LogP contribution in [0.1, 0.15) is 5.56 Å². The third-order valence-electron chi connectivity index (χ3n) is 6.23. The monoisotopic (exact) mass is 568 g/mol. The SMILES string of the molecule is COc1cc(/C=C2\SC(=O)N(CC(=O)N3CCOCC3)C2=O)ccc1OS(=O)(=O)c1cccc2ccccc12. The van der Waals surface area contributed by atoms with Crippen LogP contribution < -0.4 is 8.92 Å². The average molecular weight is 569 g/mol. The van der Waals surface area contributed by atoms with E-state index >= 15 is 0 Å². The number of carbonyl (C=O) groups excluding carboxylic acids is 3. The number of morpholine rings is 1. The number of benzene rings is 3. The van der Waals surface area contributed by atoms with Crippen molar-refractivity contribution < 1.29 is 36.5 Å². The fourth-order valence-corrected chi connectivity index (χ4v) is 6.26. The molecule has 2 saturated heterocycles. The van der Waals surface area contributed by atoms with Crippen molar-refractivity contribution in [2.45, 2.75) is 4.90 Å². The number of rotatable bonds is 7. The summed E-state index contributed by atoms with van der Waals surface area (Å²) in [4.78, 5) is 40.6. The first-order valence-electron chi connectivity index (χ1n) is 12.0. The number of fused-ring (bicyclic) bond motifs is 1. The zero-order valence-electron chi connectivity index (χ0n) is 20.9. The second-order valence-corrected chi connectivity index (χ2v) is 11.2. The van der Waals surface area contributed by atoms with Crippen molar-refractivity contribution in [3.8, 4) is 11.5 Å². The van der Waals surface area contributed by atoms with Gasteiger partial charge >= 0.3 is 10.1 Å². The number of imide groups is 1. The van der Waals surface area contributed by atoms with E-state index in [9.17, 15) is 22.8 Å². The topological polar surface area (TPSA) is 120 Å². The highest BCUT2D eigenvalue weighted by Crippen LogP contribution is 2.36. The summed E-state index contributed by atoms with van der Waals surface area (Å²) in [6, 6.07) is 16.5. The molecule has 3 aromatic carbocycles. The van der Waals surface area contributed by atoms with Gasteiger partial charge in [0, 0.05) is 18.5 Å². The van der Waals surface area contributed by atoms with E-state index in [0.717, 1.165) is 22.0 Å². The molecular weight excluding hydrogens is 544 g/mol. The first kappa shape index (κ1) is 26.7. The van der Waals surface area contributed by atoms with Gasteiger partial charge in [0.05, 0.1) is 25.2 Å². The van der Waals surface area contributed by atoms with Crippen LogP contribution in [0, 0.1) is 0 Å². The molecule has 39 heavy (non-hydrogen) atoms. The van der Waals surface area contributed by atoms with Crippen LogP contribution >= 0.6 is 11.8 Å². The predicted molar refractivity (Wildman–Crippen MR) is 145 cm³/mol. The fraction of sp³-hybridized carbons (Fsp3) is 0.222. The summed E-state index contributed by atoms with van der Waals surface area (Å²) in [5.41, 5.74) is 0.478. The third-order valence-corrected chi connectivity index (χ3v) is 8.44. The summed E-state index contributed by atoms with van der Waals surface area (Å²) in [5.74, 6) is -0.817. The summed E-state index contributed by atoms with van der Waals surface area (Å²) in [6.07, 6.45) is 1.48. The molecule has 5 rings (SSSR count). The Morgan fingerprint density at radius 3 is 2.54 bits per heavy atom. The van der Waals surface area contributed by atoms with E-state index in [1.165, 1.54) is 31.4 Å². The summed E-state index contributed by atoms with van der Waals surface area (Å²) in [6.45, 7) is 1.31. The number of carbonyl (C=O) groups is 3. The second kappa shape index (κ2) is 11.1. The molecule has 12 heteroatoms. The smallest absolute Gasteiger partial charge is 0.339 e. The normalized spacial score (nSPS) is 17.2.